The van der Waals surface area contributed by atoms with Crippen molar-refractivity contribution in [1.29, 1.82) is 5.26 Å². The molecule has 0 bridgehead atoms. The topological polar surface area (TPSA) is 230 Å². The molecule has 1 fully saturated rings. The molecule has 5 N–H and O–H groups in total. The lowest BCUT2D eigenvalue weighted by Gasteiger charge is -2.25. The highest BCUT2D eigenvalue weighted by molar-refractivity contribution is 7.51. The van der Waals surface area contributed by atoms with E-state index in [1.165, 1.54) is 23.6 Å². The van der Waals surface area contributed by atoms with Crippen molar-refractivity contribution >= 4 is 31.0 Å². The minimum absolute atomic E-state index is 0.0562. The predicted octanol–water partition coefficient (Wildman–Crippen LogP) is 1.16. The van der Waals surface area contributed by atoms with Crippen LogP contribution in [0.3, 0.4) is 0 Å². The zero-order chi connectivity index (χ0) is 31.1. The zero-order valence-electron chi connectivity index (χ0n) is 23.8. The number of aliphatic hydroxyl groups is 2. The number of carbonyl (C=O) groups excluding carboxylic acids is 2. The van der Waals surface area contributed by atoms with Crippen molar-refractivity contribution in [1.82, 2.24) is 19.7 Å². The molecule has 17 heteroatoms. The lowest BCUT2D eigenvalue weighted by molar-refractivity contribution is -0.156. The summed E-state index contributed by atoms with van der Waals surface area (Å²) < 4.78 is 41.3. The first kappa shape index (κ1) is 33.3. The van der Waals surface area contributed by atoms with E-state index in [9.17, 15) is 29.6 Å². The first-order valence-corrected chi connectivity index (χ1v) is 15.0. The molecule has 1 saturated heterocycles. The maximum Gasteiger partial charge on any atom is 0.409 e. The van der Waals surface area contributed by atoms with Gasteiger partial charge in [0.05, 0.1) is 25.3 Å². The van der Waals surface area contributed by atoms with E-state index in [4.69, 9.17) is 24.3 Å². The molecule has 42 heavy (non-hydrogen) atoms. The van der Waals surface area contributed by atoms with Crippen molar-refractivity contribution in [2.24, 2.45) is 5.92 Å². The number of nitrogen functional groups attached to an aromatic ring is 1. The summed E-state index contributed by atoms with van der Waals surface area (Å²) in [6.07, 6.45) is -1.000. The smallest absolute Gasteiger partial charge is 0.409 e. The average molecular weight is 613 g/mol. The van der Waals surface area contributed by atoms with Crippen LogP contribution in [0.1, 0.15) is 52.1 Å². The Morgan fingerprint density at radius 2 is 1.95 bits per heavy atom. The van der Waals surface area contributed by atoms with Gasteiger partial charge >= 0.3 is 19.7 Å². The number of nitrogens with one attached hydrogen (secondary N) is 1. The number of hydrogen-bond acceptors (Lipinski definition) is 14. The molecule has 2 aromatic heterocycles. The molecule has 0 unspecified atom stereocenters. The summed E-state index contributed by atoms with van der Waals surface area (Å²) in [6.45, 7) is 3.77. The van der Waals surface area contributed by atoms with Crippen LogP contribution in [0.2, 0.25) is 0 Å². The predicted molar refractivity (Wildman–Crippen MR) is 145 cm³/mol. The largest absolute Gasteiger partial charge is 0.468 e. The van der Waals surface area contributed by atoms with Crippen molar-refractivity contribution in [3.8, 4) is 6.07 Å². The van der Waals surface area contributed by atoms with Crippen LogP contribution in [0.5, 0.6) is 0 Å². The first-order chi connectivity index (χ1) is 20.0. The summed E-state index contributed by atoms with van der Waals surface area (Å²) in [5.74, 6) is -1.58. The van der Waals surface area contributed by atoms with E-state index in [0.717, 1.165) is 26.3 Å². The summed E-state index contributed by atoms with van der Waals surface area (Å²) >= 11 is 0. The Hall–Kier alpha value is -3.16. The van der Waals surface area contributed by atoms with Crippen LogP contribution in [0, 0.1) is 17.2 Å². The minimum atomic E-state index is -4.44. The third-order valence-corrected chi connectivity index (χ3v) is 8.47. The summed E-state index contributed by atoms with van der Waals surface area (Å²) in [7, 11) is -3.31. The van der Waals surface area contributed by atoms with E-state index in [2.05, 4.69) is 19.9 Å². The van der Waals surface area contributed by atoms with Crippen LogP contribution >= 0.6 is 7.75 Å². The number of rotatable bonds is 15. The molecule has 6 atom stereocenters. The second kappa shape index (κ2) is 14.3. The van der Waals surface area contributed by atoms with Gasteiger partial charge in [0.2, 0.25) is 12.4 Å². The first-order valence-electron chi connectivity index (χ1n) is 13.4. The Morgan fingerprint density at radius 3 is 2.57 bits per heavy atom. The molecule has 2 aromatic rings. The number of aliphatic hydroxyl groups excluding tert-OH is 2. The number of nitrogens with zero attached hydrogens (tertiary/aromatic N) is 4. The minimum Gasteiger partial charge on any atom is -0.468 e. The van der Waals surface area contributed by atoms with Crippen LogP contribution in [-0.2, 0) is 43.0 Å². The molecule has 0 saturated carbocycles. The lowest BCUT2D eigenvalue weighted by Crippen LogP contribution is -2.41. The SMILES string of the molecule is CCCC(CCC)C(=O)OCO[P@@](=O)(N[C@@H](C)C(=O)OC)OC[C@H]1O[C@@](C#N)(c2ccc3c(N)ncnn23)[C@H](O)[C@@H]1O. The third-order valence-electron chi connectivity index (χ3n) is 6.83. The molecular formula is C25H37N6O10P. The van der Waals surface area contributed by atoms with Gasteiger partial charge < -0.3 is 30.2 Å². The zero-order valence-corrected chi connectivity index (χ0v) is 24.7. The highest BCUT2D eigenvalue weighted by Crippen LogP contribution is 2.47. The fourth-order valence-corrected chi connectivity index (χ4v) is 5.99. The Morgan fingerprint density at radius 1 is 1.26 bits per heavy atom. The second-order valence-corrected chi connectivity index (χ2v) is 11.5. The van der Waals surface area contributed by atoms with Crippen molar-refractivity contribution < 1.29 is 47.6 Å². The van der Waals surface area contributed by atoms with Gasteiger partial charge in [-0.2, -0.15) is 10.4 Å². The van der Waals surface area contributed by atoms with Gasteiger partial charge in [-0.3, -0.25) is 18.6 Å². The lowest BCUT2D eigenvalue weighted by atomic mass is 9.92. The Balaban J connectivity index is 1.78. The number of fused-ring (bicyclic) bond motifs is 1. The van der Waals surface area contributed by atoms with E-state index >= 15 is 0 Å². The monoisotopic (exact) mass is 612 g/mol. The van der Waals surface area contributed by atoms with Crippen LogP contribution < -0.4 is 10.8 Å². The maximum absolute atomic E-state index is 13.6. The summed E-state index contributed by atoms with van der Waals surface area (Å²) in [5.41, 5.74) is 4.14. The van der Waals surface area contributed by atoms with E-state index in [1.807, 2.05) is 19.9 Å². The summed E-state index contributed by atoms with van der Waals surface area (Å²) in [4.78, 5) is 28.4. The van der Waals surface area contributed by atoms with Gasteiger partial charge in [0.1, 0.15) is 42.3 Å². The Kier molecular flexibility index (Phi) is 11.4. The average Bonchev–Trinajstić information content (AvgIpc) is 3.51. The quantitative estimate of drug-likeness (QED) is 0.126. The normalized spacial score (nSPS) is 24.3. The van der Waals surface area contributed by atoms with Gasteiger partial charge in [-0.05, 0) is 31.9 Å². The molecule has 1 aliphatic heterocycles. The van der Waals surface area contributed by atoms with E-state index in [0.29, 0.717) is 18.4 Å². The second-order valence-electron chi connectivity index (χ2n) is 9.75. The molecule has 1 aliphatic rings. The molecule has 0 aliphatic carbocycles. The molecule has 16 nitrogen and oxygen atoms in total. The van der Waals surface area contributed by atoms with Crippen LogP contribution in [-0.4, -0.2) is 81.6 Å². The Bertz CT molecular complexity index is 1330. The number of carbonyl (C=O) groups is 2. The number of anilines is 1. The fourth-order valence-electron chi connectivity index (χ4n) is 4.65. The van der Waals surface area contributed by atoms with Crippen molar-refractivity contribution in [2.45, 2.75) is 76.4 Å². The van der Waals surface area contributed by atoms with Crippen molar-refractivity contribution in [3.05, 3.63) is 24.2 Å². The molecule has 0 spiro atoms. The molecule has 0 amide bonds. The van der Waals surface area contributed by atoms with Crippen molar-refractivity contribution in [3.63, 3.8) is 0 Å². The standard InChI is InChI=1S/C25H37N6O10P/c1-5-7-16(8-6-2)24(35)38-14-40-42(36,30-15(3)23(34)37-4)39-11-18-20(32)21(33)25(12-26,41-18)19-10-9-17-22(27)28-13-29-31(17)19/h9-10,13,15-16,18,20-21,32-33H,5-8,11,14H2,1-4H3,(H,30,36)(H2,27,28,29)/t15-,18+,20+,21+,25-,42+/m0/s1. The van der Waals surface area contributed by atoms with Gasteiger partial charge in [0, 0.05) is 0 Å². The molecule has 232 valence electrons. The third kappa shape index (κ3) is 7.07. The van der Waals surface area contributed by atoms with E-state index < -0.39 is 63.0 Å². The summed E-state index contributed by atoms with van der Waals surface area (Å²) in [5, 5.41) is 38.3. The number of nitrogens with two attached hydrogens (primary N) is 1. The number of ether oxygens (including phenoxy) is 3. The van der Waals surface area contributed by atoms with Gasteiger partial charge in [0.15, 0.2) is 5.82 Å². The number of methoxy groups -OCH3 is 1. The van der Waals surface area contributed by atoms with Gasteiger partial charge in [-0.15, -0.1) is 0 Å². The number of hydrogen-bond donors (Lipinski definition) is 4. The molecule has 0 radical (unpaired) electrons. The van der Waals surface area contributed by atoms with E-state index in [-0.39, 0.29) is 17.4 Å². The number of nitriles is 1. The molecule has 3 heterocycles. The highest BCUT2D eigenvalue weighted by atomic mass is 31.2. The van der Waals surface area contributed by atoms with Crippen LogP contribution in [0.25, 0.3) is 5.52 Å². The van der Waals surface area contributed by atoms with Gasteiger partial charge in [0.25, 0.3) is 0 Å². The highest BCUT2D eigenvalue weighted by Gasteiger charge is 2.58. The van der Waals surface area contributed by atoms with Crippen molar-refractivity contribution in [2.75, 3.05) is 26.2 Å². The van der Waals surface area contributed by atoms with Crippen LogP contribution in [0.4, 0.5) is 5.82 Å². The maximum atomic E-state index is 13.6. The molecular weight excluding hydrogens is 575 g/mol. The number of aromatic nitrogens is 3. The number of esters is 2. The van der Waals surface area contributed by atoms with Crippen LogP contribution in [0.15, 0.2) is 18.5 Å². The summed E-state index contributed by atoms with van der Waals surface area (Å²) in [6, 6.07) is 3.66. The Labute approximate surface area is 242 Å². The van der Waals surface area contributed by atoms with Gasteiger partial charge in [-0.1, -0.05) is 26.7 Å². The van der Waals surface area contributed by atoms with Gasteiger partial charge in [-0.25, -0.2) is 19.2 Å². The molecule has 0 aromatic carbocycles. The molecule has 3 rings (SSSR count). The fraction of sp³-hybridized carbons (Fsp3) is 0.640. The van der Waals surface area contributed by atoms with E-state index in [1.54, 1.807) is 0 Å².